The lowest BCUT2D eigenvalue weighted by atomic mass is 10.1. The molecule has 110 valence electrons. The third-order valence-corrected chi connectivity index (χ3v) is 2.86. The first-order valence-corrected chi connectivity index (χ1v) is 6.20. The maximum atomic E-state index is 10.9. The molecule has 1 aromatic rings. The molecule has 0 saturated carbocycles. The van der Waals surface area contributed by atoms with Crippen LogP contribution in [0.25, 0.3) is 0 Å². The molecule has 1 rings (SSSR count). The number of rotatable bonds is 9. The Balaban J connectivity index is 2.66. The van der Waals surface area contributed by atoms with E-state index in [9.17, 15) is 14.9 Å². The molecule has 0 spiro atoms. The zero-order valence-corrected chi connectivity index (χ0v) is 11.3. The molecule has 0 aliphatic carbocycles. The molecule has 0 aliphatic rings. The van der Waals surface area contributed by atoms with Crippen LogP contribution < -0.4 is 0 Å². The summed E-state index contributed by atoms with van der Waals surface area (Å²) in [6.07, 6.45) is 0.425. The molecule has 20 heavy (non-hydrogen) atoms. The van der Waals surface area contributed by atoms with Crippen molar-refractivity contribution >= 4 is 11.7 Å². The number of hydrogen-bond acceptors (Lipinski definition) is 5. The van der Waals surface area contributed by atoms with Gasteiger partial charge in [0, 0.05) is 31.8 Å². The molecule has 1 N–H and O–H groups in total. The van der Waals surface area contributed by atoms with Crippen LogP contribution in [0.15, 0.2) is 24.3 Å². The minimum Gasteiger partial charge on any atom is -0.480 e. The van der Waals surface area contributed by atoms with E-state index in [4.69, 9.17) is 9.84 Å². The Hall–Kier alpha value is -1.99. The quantitative estimate of drug-likeness (QED) is 0.540. The van der Waals surface area contributed by atoms with Crippen molar-refractivity contribution in [3.05, 3.63) is 39.9 Å². The van der Waals surface area contributed by atoms with Gasteiger partial charge in [0.1, 0.15) is 0 Å². The van der Waals surface area contributed by atoms with Gasteiger partial charge in [0.05, 0.1) is 18.1 Å². The van der Waals surface area contributed by atoms with Crippen molar-refractivity contribution < 1.29 is 19.6 Å². The van der Waals surface area contributed by atoms with Crippen molar-refractivity contribution in [2.45, 2.75) is 6.42 Å². The summed E-state index contributed by atoms with van der Waals surface area (Å²) >= 11 is 0. The van der Waals surface area contributed by atoms with Crippen molar-refractivity contribution in [2.75, 3.05) is 33.4 Å². The van der Waals surface area contributed by atoms with Crippen molar-refractivity contribution in [1.29, 1.82) is 0 Å². The number of hydrogen-bond donors (Lipinski definition) is 1. The highest BCUT2D eigenvalue weighted by Gasteiger charge is 2.15. The van der Waals surface area contributed by atoms with Gasteiger partial charge in [-0.2, -0.15) is 0 Å². The van der Waals surface area contributed by atoms with E-state index in [0.717, 1.165) is 0 Å². The second kappa shape index (κ2) is 8.23. The molecule has 0 fully saturated rings. The Morgan fingerprint density at radius 1 is 1.40 bits per heavy atom. The Kier molecular flexibility index (Phi) is 6.61. The smallest absolute Gasteiger partial charge is 0.317 e. The maximum absolute atomic E-state index is 10.9. The molecular formula is C13H18N2O5. The van der Waals surface area contributed by atoms with Crippen LogP contribution in [-0.4, -0.2) is 54.3 Å². The lowest BCUT2D eigenvalue weighted by Gasteiger charge is -2.19. The number of nitrogens with zero attached hydrogens (tertiary/aromatic N) is 2. The third kappa shape index (κ3) is 5.33. The van der Waals surface area contributed by atoms with Gasteiger partial charge in [0.2, 0.25) is 0 Å². The van der Waals surface area contributed by atoms with Gasteiger partial charge >= 0.3 is 5.97 Å². The highest BCUT2D eigenvalue weighted by Crippen LogP contribution is 2.18. The molecule has 1 aromatic carbocycles. The van der Waals surface area contributed by atoms with Crippen molar-refractivity contribution in [2.24, 2.45) is 0 Å². The van der Waals surface area contributed by atoms with Gasteiger partial charge in [-0.3, -0.25) is 19.8 Å². The second-order valence-electron chi connectivity index (χ2n) is 4.30. The van der Waals surface area contributed by atoms with E-state index in [2.05, 4.69) is 0 Å². The van der Waals surface area contributed by atoms with Crippen molar-refractivity contribution in [3.8, 4) is 0 Å². The average Bonchev–Trinajstić information content (AvgIpc) is 2.41. The second-order valence-corrected chi connectivity index (χ2v) is 4.30. The lowest BCUT2D eigenvalue weighted by Crippen LogP contribution is -2.34. The first-order chi connectivity index (χ1) is 9.54. The molecule has 0 saturated heterocycles. The van der Waals surface area contributed by atoms with Crippen molar-refractivity contribution in [3.63, 3.8) is 0 Å². The van der Waals surface area contributed by atoms with E-state index in [1.165, 1.54) is 6.07 Å². The molecule has 0 unspecified atom stereocenters. The van der Waals surface area contributed by atoms with Gasteiger partial charge in [-0.25, -0.2) is 0 Å². The SMILES string of the molecule is COCCN(CCc1ccccc1[N+](=O)[O-])CC(=O)O. The fourth-order valence-corrected chi connectivity index (χ4v) is 1.86. The van der Waals surface area contributed by atoms with Crippen LogP contribution in [0.5, 0.6) is 0 Å². The summed E-state index contributed by atoms with van der Waals surface area (Å²) in [6.45, 7) is 1.22. The molecule has 0 aromatic heterocycles. The van der Waals surface area contributed by atoms with Gasteiger partial charge < -0.3 is 9.84 Å². The number of nitro groups is 1. The number of aliphatic carboxylic acids is 1. The largest absolute Gasteiger partial charge is 0.480 e. The molecular weight excluding hydrogens is 264 g/mol. The Labute approximate surface area is 116 Å². The Morgan fingerprint density at radius 3 is 2.70 bits per heavy atom. The van der Waals surface area contributed by atoms with Crippen LogP contribution in [0, 0.1) is 10.1 Å². The lowest BCUT2D eigenvalue weighted by molar-refractivity contribution is -0.385. The highest BCUT2D eigenvalue weighted by molar-refractivity contribution is 5.69. The van der Waals surface area contributed by atoms with Gasteiger partial charge in [-0.15, -0.1) is 0 Å². The zero-order chi connectivity index (χ0) is 15.0. The first-order valence-electron chi connectivity index (χ1n) is 6.20. The molecule has 0 radical (unpaired) electrons. The number of ether oxygens (including phenoxy) is 1. The first kappa shape index (κ1) is 16.1. The summed E-state index contributed by atoms with van der Waals surface area (Å²) in [6, 6.07) is 6.49. The summed E-state index contributed by atoms with van der Waals surface area (Å²) in [7, 11) is 1.54. The van der Waals surface area contributed by atoms with Crippen LogP contribution in [0.3, 0.4) is 0 Å². The van der Waals surface area contributed by atoms with Crippen LogP contribution >= 0.6 is 0 Å². The monoisotopic (exact) mass is 282 g/mol. The Morgan fingerprint density at radius 2 is 2.10 bits per heavy atom. The molecule has 0 atom stereocenters. The summed E-state index contributed by atoms with van der Waals surface area (Å²) in [5.74, 6) is -0.927. The number of carboxylic acid groups (broad SMARTS) is 1. The van der Waals surface area contributed by atoms with Crippen LogP contribution in [-0.2, 0) is 16.0 Å². The standard InChI is InChI=1S/C13H18N2O5/c1-20-9-8-14(10-13(16)17)7-6-11-4-2-3-5-12(11)15(18)19/h2-5H,6-10H2,1H3,(H,16,17). The molecule has 0 heterocycles. The highest BCUT2D eigenvalue weighted by atomic mass is 16.6. The van der Waals surface area contributed by atoms with E-state index < -0.39 is 10.9 Å². The Bertz CT molecular complexity index is 464. The van der Waals surface area contributed by atoms with E-state index in [-0.39, 0.29) is 12.2 Å². The predicted molar refractivity (Wildman–Crippen MR) is 72.8 cm³/mol. The number of benzene rings is 1. The number of methoxy groups -OCH3 is 1. The number of para-hydroxylation sites is 1. The number of nitro benzene ring substituents is 1. The van der Waals surface area contributed by atoms with E-state index in [1.807, 2.05) is 0 Å². The summed E-state index contributed by atoms with van der Waals surface area (Å²) < 4.78 is 4.93. The molecule has 0 aliphatic heterocycles. The van der Waals surface area contributed by atoms with Gasteiger partial charge in [-0.1, -0.05) is 18.2 Å². The van der Waals surface area contributed by atoms with Crippen LogP contribution in [0.2, 0.25) is 0 Å². The van der Waals surface area contributed by atoms with Gasteiger partial charge in [-0.05, 0) is 6.42 Å². The number of carbonyl (C=O) groups is 1. The number of carboxylic acids is 1. The van der Waals surface area contributed by atoms with Gasteiger partial charge in [0.25, 0.3) is 5.69 Å². The van der Waals surface area contributed by atoms with Crippen molar-refractivity contribution in [1.82, 2.24) is 4.90 Å². The topological polar surface area (TPSA) is 92.9 Å². The molecule has 7 heteroatoms. The van der Waals surface area contributed by atoms with E-state index in [1.54, 1.807) is 30.2 Å². The summed E-state index contributed by atoms with van der Waals surface area (Å²) in [5, 5.41) is 19.7. The molecule has 0 bridgehead atoms. The fraction of sp³-hybridized carbons (Fsp3) is 0.462. The van der Waals surface area contributed by atoms with Crippen LogP contribution in [0.4, 0.5) is 5.69 Å². The van der Waals surface area contributed by atoms with Crippen LogP contribution in [0.1, 0.15) is 5.56 Å². The fourth-order valence-electron chi connectivity index (χ4n) is 1.86. The molecule has 7 nitrogen and oxygen atoms in total. The minimum absolute atomic E-state index is 0.0644. The molecule has 0 amide bonds. The predicted octanol–water partition coefficient (Wildman–Crippen LogP) is 1.17. The van der Waals surface area contributed by atoms with E-state index in [0.29, 0.717) is 31.7 Å². The average molecular weight is 282 g/mol. The van der Waals surface area contributed by atoms with Gasteiger partial charge in [0.15, 0.2) is 0 Å². The minimum atomic E-state index is -0.927. The zero-order valence-electron chi connectivity index (χ0n) is 11.3. The normalized spacial score (nSPS) is 10.7. The maximum Gasteiger partial charge on any atom is 0.317 e. The summed E-state index contributed by atoms with van der Waals surface area (Å²) in [4.78, 5) is 22.9. The van der Waals surface area contributed by atoms with E-state index >= 15 is 0 Å². The summed E-state index contributed by atoms with van der Waals surface area (Å²) in [5.41, 5.74) is 0.667. The third-order valence-electron chi connectivity index (χ3n) is 2.86.